The number of nitrogen functional groups attached to an aromatic ring is 1. The summed E-state index contributed by atoms with van der Waals surface area (Å²) >= 11 is 0. The number of nitrogens with zero attached hydrogens (tertiary/aromatic N) is 1. The third-order valence-electron chi connectivity index (χ3n) is 3.14. The van der Waals surface area contributed by atoms with Crippen LogP contribution in [0.3, 0.4) is 0 Å². The van der Waals surface area contributed by atoms with Crippen LogP contribution in [0, 0.1) is 0 Å². The molecule has 0 aliphatic carbocycles. The molecule has 2 aromatic rings. The highest BCUT2D eigenvalue weighted by Crippen LogP contribution is 2.16. The topological polar surface area (TPSA) is 80.7 Å². The molecule has 1 aromatic carbocycles. The molecule has 1 heterocycles. The number of carbonyl (C=O) groups is 1. The lowest BCUT2D eigenvalue weighted by molar-refractivity contribution is 0.0923. The van der Waals surface area contributed by atoms with E-state index in [1.807, 2.05) is 31.3 Å². The molecule has 1 aromatic heterocycles. The third kappa shape index (κ3) is 3.84. The van der Waals surface area contributed by atoms with Crippen LogP contribution in [0.5, 0.6) is 5.75 Å². The summed E-state index contributed by atoms with van der Waals surface area (Å²) in [5, 5.41) is 0. The number of ether oxygens (including phenoxy) is 1. The lowest BCUT2D eigenvalue weighted by Gasteiger charge is -2.16. The Kier molecular flexibility index (Phi) is 4.97. The van der Waals surface area contributed by atoms with E-state index >= 15 is 0 Å². The van der Waals surface area contributed by atoms with Crippen LogP contribution in [-0.2, 0) is 13.1 Å². The minimum Gasteiger partial charge on any atom is -0.497 e. The van der Waals surface area contributed by atoms with Crippen molar-refractivity contribution in [2.75, 3.05) is 14.2 Å². The number of amides is 1. The van der Waals surface area contributed by atoms with Crippen LogP contribution in [0.1, 0.15) is 21.7 Å². The first-order valence-electron chi connectivity index (χ1n) is 6.53. The van der Waals surface area contributed by atoms with Gasteiger partial charge in [-0.2, -0.15) is 0 Å². The van der Waals surface area contributed by atoms with Crippen LogP contribution in [0.2, 0.25) is 0 Å². The smallest absolute Gasteiger partial charge is 0.301 e. The maximum absolute atomic E-state index is 11.5. The normalized spacial score (nSPS) is 10.7. The summed E-state index contributed by atoms with van der Waals surface area (Å²) in [5.74, 6) is 5.79. The van der Waals surface area contributed by atoms with Crippen LogP contribution in [0.25, 0.3) is 0 Å². The Morgan fingerprint density at radius 2 is 2.00 bits per heavy atom. The molecule has 0 bridgehead atoms. The van der Waals surface area contributed by atoms with Gasteiger partial charge in [-0.25, -0.2) is 5.84 Å². The number of nitrogens with two attached hydrogens (primary N) is 1. The van der Waals surface area contributed by atoms with Gasteiger partial charge in [0.05, 0.1) is 13.4 Å². The molecule has 6 nitrogen and oxygen atoms in total. The first kappa shape index (κ1) is 15.1. The van der Waals surface area contributed by atoms with E-state index in [9.17, 15) is 4.79 Å². The molecule has 0 radical (unpaired) electrons. The standard InChI is InChI=1S/C15H19N3O3/c1-18(9-11-3-5-13(20-2)6-4-11)10-12-7-8-21-14(12)15(19)17-16/h3-8H,9-10,16H2,1-2H3,(H,17,19). The predicted octanol–water partition coefficient (Wildman–Crippen LogP) is 1.52. The molecule has 21 heavy (non-hydrogen) atoms. The summed E-state index contributed by atoms with van der Waals surface area (Å²) < 4.78 is 10.3. The molecule has 0 unspecified atom stereocenters. The Labute approximate surface area is 123 Å². The average molecular weight is 289 g/mol. The number of nitrogens with one attached hydrogen (secondary N) is 1. The summed E-state index contributed by atoms with van der Waals surface area (Å²) in [4.78, 5) is 13.6. The summed E-state index contributed by atoms with van der Waals surface area (Å²) in [7, 11) is 3.62. The molecule has 0 spiro atoms. The van der Waals surface area contributed by atoms with E-state index in [4.69, 9.17) is 15.0 Å². The summed E-state index contributed by atoms with van der Waals surface area (Å²) in [5.41, 5.74) is 4.04. The van der Waals surface area contributed by atoms with Gasteiger partial charge >= 0.3 is 5.91 Å². The van der Waals surface area contributed by atoms with Crippen molar-refractivity contribution < 1.29 is 13.9 Å². The molecule has 2 rings (SSSR count). The Hall–Kier alpha value is -2.31. The maximum Gasteiger partial charge on any atom is 0.301 e. The third-order valence-corrected chi connectivity index (χ3v) is 3.14. The first-order chi connectivity index (χ1) is 10.1. The summed E-state index contributed by atoms with van der Waals surface area (Å²) in [6, 6.07) is 9.65. The van der Waals surface area contributed by atoms with Crippen molar-refractivity contribution in [1.82, 2.24) is 10.3 Å². The number of rotatable bonds is 6. The fourth-order valence-corrected chi connectivity index (χ4v) is 2.11. The van der Waals surface area contributed by atoms with Gasteiger partial charge in [-0.05, 0) is 30.8 Å². The van der Waals surface area contributed by atoms with Crippen LogP contribution in [0.4, 0.5) is 0 Å². The molecule has 0 aliphatic rings. The van der Waals surface area contributed by atoms with Crippen molar-refractivity contribution >= 4 is 5.91 Å². The molecule has 0 saturated carbocycles. The van der Waals surface area contributed by atoms with E-state index in [1.54, 1.807) is 13.2 Å². The fraction of sp³-hybridized carbons (Fsp3) is 0.267. The zero-order valence-electron chi connectivity index (χ0n) is 12.1. The molecule has 0 saturated heterocycles. The minimum atomic E-state index is -0.423. The number of hydrogen-bond donors (Lipinski definition) is 2. The van der Waals surface area contributed by atoms with Crippen molar-refractivity contribution in [1.29, 1.82) is 0 Å². The minimum absolute atomic E-state index is 0.249. The molecule has 3 N–H and O–H groups in total. The summed E-state index contributed by atoms with van der Waals surface area (Å²) in [6.45, 7) is 1.34. The lowest BCUT2D eigenvalue weighted by Crippen LogP contribution is -2.31. The SMILES string of the molecule is COc1ccc(CN(C)Cc2ccoc2C(=O)NN)cc1. The Balaban J connectivity index is 1.99. The quantitative estimate of drug-likeness (QED) is 0.479. The van der Waals surface area contributed by atoms with Crippen molar-refractivity contribution in [3.8, 4) is 5.75 Å². The fourth-order valence-electron chi connectivity index (χ4n) is 2.11. The van der Waals surface area contributed by atoms with Gasteiger partial charge < -0.3 is 9.15 Å². The van der Waals surface area contributed by atoms with Crippen molar-refractivity contribution in [2.24, 2.45) is 5.84 Å². The monoisotopic (exact) mass is 289 g/mol. The first-order valence-corrected chi connectivity index (χ1v) is 6.53. The van der Waals surface area contributed by atoms with Crippen molar-refractivity contribution in [3.63, 3.8) is 0 Å². The molecule has 1 amide bonds. The van der Waals surface area contributed by atoms with Crippen LogP contribution >= 0.6 is 0 Å². The van der Waals surface area contributed by atoms with Gasteiger partial charge in [-0.15, -0.1) is 0 Å². The van der Waals surface area contributed by atoms with Crippen molar-refractivity contribution in [2.45, 2.75) is 13.1 Å². The second kappa shape index (κ2) is 6.92. The lowest BCUT2D eigenvalue weighted by atomic mass is 10.2. The number of benzene rings is 1. The Bertz CT molecular complexity index is 592. The average Bonchev–Trinajstić information content (AvgIpc) is 2.95. The molecule has 0 aliphatic heterocycles. The molecular formula is C15H19N3O3. The van der Waals surface area contributed by atoms with Crippen LogP contribution < -0.4 is 16.0 Å². The molecule has 112 valence electrons. The second-order valence-corrected chi connectivity index (χ2v) is 4.77. The van der Waals surface area contributed by atoms with Crippen LogP contribution in [-0.4, -0.2) is 25.0 Å². The van der Waals surface area contributed by atoms with E-state index in [-0.39, 0.29) is 5.76 Å². The van der Waals surface area contributed by atoms with Gasteiger partial charge in [0.15, 0.2) is 5.76 Å². The molecular weight excluding hydrogens is 270 g/mol. The van der Waals surface area contributed by atoms with E-state index in [2.05, 4.69) is 10.3 Å². The van der Waals surface area contributed by atoms with Gasteiger partial charge in [0.1, 0.15) is 5.75 Å². The number of furan rings is 1. The zero-order valence-corrected chi connectivity index (χ0v) is 12.1. The highest BCUT2D eigenvalue weighted by Gasteiger charge is 2.15. The van der Waals surface area contributed by atoms with Crippen molar-refractivity contribution in [3.05, 3.63) is 53.5 Å². The van der Waals surface area contributed by atoms with E-state index in [1.165, 1.54) is 6.26 Å². The number of hydrogen-bond acceptors (Lipinski definition) is 5. The molecule has 0 fully saturated rings. The summed E-state index contributed by atoms with van der Waals surface area (Å²) in [6.07, 6.45) is 1.49. The van der Waals surface area contributed by atoms with Gasteiger partial charge in [0.2, 0.25) is 0 Å². The van der Waals surface area contributed by atoms with Gasteiger partial charge in [-0.1, -0.05) is 12.1 Å². The highest BCUT2D eigenvalue weighted by atomic mass is 16.5. The van der Waals surface area contributed by atoms with E-state index < -0.39 is 5.91 Å². The maximum atomic E-state index is 11.5. The number of carbonyl (C=O) groups excluding carboxylic acids is 1. The number of methoxy groups -OCH3 is 1. The predicted molar refractivity (Wildman–Crippen MR) is 78.5 cm³/mol. The largest absolute Gasteiger partial charge is 0.497 e. The highest BCUT2D eigenvalue weighted by molar-refractivity contribution is 5.92. The van der Waals surface area contributed by atoms with Gasteiger partial charge in [-0.3, -0.25) is 15.1 Å². The zero-order chi connectivity index (χ0) is 15.2. The Morgan fingerprint density at radius 1 is 1.29 bits per heavy atom. The van der Waals surface area contributed by atoms with E-state index in [0.717, 1.165) is 23.4 Å². The molecule has 6 heteroatoms. The number of hydrazine groups is 1. The van der Waals surface area contributed by atoms with Gasteiger partial charge in [0.25, 0.3) is 0 Å². The van der Waals surface area contributed by atoms with E-state index in [0.29, 0.717) is 6.54 Å². The molecule has 0 atom stereocenters. The Morgan fingerprint density at radius 3 is 2.62 bits per heavy atom. The van der Waals surface area contributed by atoms with Gasteiger partial charge in [0, 0.05) is 18.7 Å². The van der Waals surface area contributed by atoms with Crippen LogP contribution in [0.15, 0.2) is 41.0 Å². The second-order valence-electron chi connectivity index (χ2n) is 4.77.